The molecule has 0 aliphatic rings. The summed E-state index contributed by atoms with van der Waals surface area (Å²) < 4.78 is 28.6. The maximum atomic E-state index is 13.0. The maximum Gasteiger partial charge on any atom is 0.241 e. The van der Waals surface area contributed by atoms with E-state index in [-0.39, 0.29) is 10.8 Å². The molecule has 0 saturated heterocycles. The highest BCUT2D eigenvalue weighted by Crippen LogP contribution is 2.19. The second-order valence-electron chi connectivity index (χ2n) is 7.62. The summed E-state index contributed by atoms with van der Waals surface area (Å²) in [5, 5.41) is 4.04. The number of para-hydroxylation sites is 1. The number of amides is 1. The van der Waals surface area contributed by atoms with Gasteiger partial charge in [-0.3, -0.25) is 4.79 Å². The number of benzene rings is 2. The highest BCUT2D eigenvalue weighted by atomic mass is 32.2. The van der Waals surface area contributed by atoms with Gasteiger partial charge in [0, 0.05) is 23.6 Å². The molecule has 0 aliphatic carbocycles. The first-order valence-electron chi connectivity index (χ1n) is 10.2. The van der Waals surface area contributed by atoms with Crippen molar-refractivity contribution in [2.45, 2.75) is 37.6 Å². The highest BCUT2D eigenvalue weighted by molar-refractivity contribution is 7.98. The van der Waals surface area contributed by atoms with E-state index in [1.54, 1.807) is 30.8 Å². The van der Waals surface area contributed by atoms with Gasteiger partial charge in [0.25, 0.3) is 0 Å². The lowest BCUT2D eigenvalue weighted by molar-refractivity contribution is -0.122. The number of fused-ring (bicyclic) bond motifs is 1. The van der Waals surface area contributed by atoms with Crippen molar-refractivity contribution in [2.75, 3.05) is 18.6 Å². The lowest BCUT2D eigenvalue weighted by Gasteiger charge is -2.19. The second kappa shape index (κ2) is 10.3. The summed E-state index contributed by atoms with van der Waals surface area (Å²) >= 11 is 1.58. The minimum absolute atomic E-state index is 0.216. The molecular formula is C23H29N3O3S2. The van der Waals surface area contributed by atoms with E-state index in [4.69, 9.17) is 0 Å². The summed E-state index contributed by atoms with van der Waals surface area (Å²) in [6.45, 7) is 4.04. The first-order valence-corrected chi connectivity index (χ1v) is 13.1. The van der Waals surface area contributed by atoms with Crippen molar-refractivity contribution in [3.8, 4) is 0 Å². The zero-order chi connectivity index (χ0) is 22.4. The Hall–Kier alpha value is -2.29. The molecule has 1 unspecified atom stereocenters. The van der Waals surface area contributed by atoms with Crippen LogP contribution in [0.1, 0.15) is 23.1 Å². The van der Waals surface area contributed by atoms with Crippen LogP contribution < -0.4 is 10.0 Å². The predicted molar refractivity (Wildman–Crippen MR) is 128 cm³/mol. The summed E-state index contributed by atoms with van der Waals surface area (Å²) in [6, 6.07) is 12.5. The molecule has 0 fully saturated rings. The number of carbonyl (C=O) groups excluding carboxylic acids is 1. The SMILES string of the molecule is CSCCC(NS(=O)(=O)c1cc(C)ccc1C)C(=O)NCCc1c[nH]c2ccccc12. The Balaban J connectivity index is 1.68. The van der Waals surface area contributed by atoms with Crippen LogP contribution in [0, 0.1) is 13.8 Å². The average molecular weight is 460 g/mol. The van der Waals surface area contributed by atoms with Crippen molar-refractivity contribution < 1.29 is 13.2 Å². The second-order valence-corrected chi connectivity index (χ2v) is 10.3. The Kier molecular flexibility index (Phi) is 7.80. The van der Waals surface area contributed by atoms with Gasteiger partial charge in [-0.15, -0.1) is 0 Å². The van der Waals surface area contributed by atoms with Crippen LogP contribution in [-0.4, -0.2) is 43.9 Å². The zero-order valence-corrected chi connectivity index (χ0v) is 19.7. The predicted octanol–water partition coefficient (Wildman–Crippen LogP) is 3.54. The quantitative estimate of drug-likeness (QED) is 0.432. The van der Waals surface area contributed by atoms with Gasteiger partial charge in [0.1, 0.15) is 6.04 Å². The summed E-state index contributed by atoms with van der Waals surface area (Å²) in [4.78, 5) is 16.3. The Labute approximate surface area is 188 Å². The van der Waals surface area contributed by atoms with Crippen molar-refractivity contribution in [3.63, 3.8) is 0 Å². The fourth-order valence-corrected chi connectivity index (χ4v) is 5.54. The number of rotatable bonds is 10. The molecule has 3 rings (SSSR count). The molecule has 3 aromatic rings. The van der Waals surface area contributed by atoms with Gasteiger partial charge in [-0.1, -0.05) is 30.3 Å². The molecule has 0 aliphatic heterocycles. The third kappa shape index (κ3) is 5.90. The number of aromatic nitrogens is 1. The molecule has 0 bridgehead atoms. The van der Waals surface area contributed by atoms with Crippen LogP contribution in [0.3, 0.4) is 0 Å². The molecular weight excluding hydrogens is 430 g/mol. The maximum absolute atomic E-state index is 13.0. The molecule has 0 spiro atoms. The van der Waals surface area contributed by atoms with Crippen molar-refractivity contribution >= 4 is 38.6 Å². The van der Waals surface area contributed by atoms with E-state index in [1.807, 2.05) is 49.7 Å². The third-order valence-corrected chi connectivity index (χ3v) is 7.48. The lowest BCUT2D eigenvalue weighted by atomic mass is 10.1. The molecule has 1 amide bonds. The molecule has 0 saturated carbocycles. The van der Waals surface area contributed by atoms with Gasteiger partial charge in [0.2, 0.25) is 15.9 Å². The Morgan fingerprint density at radius 1 is 1.16 bits per heavy atom. The number of carbonyl (C=O) groups is 1. The van der Waals surface area contributed by atoms with E-state index in [0.717, 1.165) is 22.0 Å². The van der Waals surface area contributed by atoms with Gasteiger partial charge in [-0.05, 0) is 67.5 Å². The molecule has 3 N–H and O–H groups in total. The molecule has 6 nitrogen and oxygen atoms in total. The average Bonchev–Trinajstić information content (AvgIpc) is 3.16. The number of aromatic amines is 1. The molecule has 0 radical (unpaired) electrons. The van der Waals surface area contributed by atoms with Crippen LogP contribution in [0.15, 0.2) is 53.6 Å². The number of nitrogens with one attached hydrogen (secondary N) is 3. The van der Waals surface area contributed by atoms with Gasteiger partial charge in [-0.25, -0.2) is 8.42 Å². The normalized spacial score (nSPS) is 12.7. The first kappa shape index (κ1) is 23.4. The van der Waals surface area contributed by atoms with Crippen LogP contribution in [0.5, 0.6) is 0 Å². The zero-order valence-electron chi connectivity index (χ0n) is 18.1. The number of H-pyrrole nitrogens is 1. The molecule has 2 aromatic carbocycles. The molecule has 1 atom stereocenters. The van der Waals surface area contributed by atoms with Crippen LogP contribution in [0.2, 0.25) is 0 Å². The number of sulfonamides is 1. The van der Waals surface area contributed by atoms with E-state index < -0.39 is 16.1 Å². The summed E-state index contributed by atoms with van der Waals surface area (Å²) in [7, 11) is -3.81. The van der Waals surface area contributed by atoms with Crippen molar-refractivity contribution in [2.24, 2.45) is 0 Å². The Morgan fingerprint density at radius 3 is 2.71 bits per heavy atom. The fourth-order valence-electron chi connectivity index (χ4n) is 3.51. The summed E-state index contributed by atoms with van der Waals surface area (Å²) in [5.41, 5.74) is 3.69. The molecule has 31 heavy (non-hydrogen) atoms. The summed E-state index contributed by atoms with van der Waals surface area (Å²) in [6.07, 6.45) is 4.97. The minimum atomic E-state index is -3.81. The van der Waals surface area contributed by atoms with Crippen molar-refractivity contribution in [3.05, 3.63) is 65.4 Å². The van der Waals surface area contributed by atoms with Gasteiger partial charge in [0.05, 0.1) is 4.90 Å². The van der Waals surface area contributed by atoms with Crippen molar-refractivity contribution in [1.29, 1.82) is 0 Å². The molecule has 1 heterocycles. The molecule has 1 aromatic heterocycles. The third-order valence-electron chi connectivity index (χ3n) is 5.23. The fraction of sp³-hybridized carbons (Fsp3) is 0.348. The number of hydrogen-bond donors (Lipinski definition) is 3. The standard InChI is InChI=1S/C23H29N3O3S2/c1-16-8-9-17(2)22(14-16)31(28,29)26-21(11-13-30-3)23(27)24-12-10-18-15-25-20-7-5-4-6-19(18)20/h4-9,14-15,21,25-26H,10-13H2,1-3H3,(H,24,27). The Bertz CT molecular complexity index is 1160. The van der Waals surface area contributed by atoms with Gasteiger partial charge < -0.3 is 10.3 Å². The van der Waals surface area contributed by atoms with Gasteiger partial charge in [-0.2, -0.15) is 16.5 Å². The summed E-state index contributed by atoms with van der Waals surface area (Å²) in [5.74, 6) is 0.373. The van der Waals surface area contributed by atoms with Gasteiger partial charge >= 0.3 is 0 Å². The first-order chi connectivity index (χ1) is 14.8. The van der Waals surface area contributed by atoms with Crippen LogP contribution >= 0.6 is 11.8 Å². The number of hydrogen-bond acceptors (Lipinski definition) is 4. The van der Waals surface area contributed by atoms with Crippen LogP contribution in [0.25, 0.3) is 10.9 Å². The monoisotopic (exact) mass is 459 g/mol. The minimum Gasteiger partial charge on any atom is -0.361 e. The smallest absolute Gasteiger partial charge is 0.241 e. The lowest BCUT2D eigenvalue weighted by Crippen LogP contribution is -2.47. The molecule has 8 heteroatoms. The topological polar surface area (TPSA) is 91.1 Å². The Morgan fingerprint density at radius 2 is 1.94 bits per heavy atom. The van der Waals surface area contributed by atoms with Crippen LogP contribution in [-0.2, 0) is 21.2 Å². The van der Waals surface area contributed by atoms with E-state index in [9.17, 15) is 13.2 Å². The van der Waals surface area contributed by atoms with E-state index in [2.05, 4.69) is 15.0 Å². The van der Waals surface area contributed by atoms with Crippen molar-refractivity contribution in [1.82, 2.24) is 15.0 Å². The largest absolute Gasteiger partial charge is 0.361 e. The van der Waals surface area contributed by atoms with Gasteiger partial charge in [0.15, 0.2) is 0 Å². The number of thioether (sulfide) groups is 1. The molecule has 166 valence electrons. The van der Waals surface area contributed by atoms with E-state index in [0.29, 0.717) is 30.7 Å². The number of aryl methyl sites for hydroxylation is 2. The van der Waals surface area contributed by atoms with E-state index >= 15 is 0 Å². The van der Waals surface area contributed by atoms with E-state index in [1.165, 1.54) is 0 Å². The highest BCUT2D eigenvalue weighted by Gasteiger charge is 2.26. The van der Waals surface area contributed by atoms with Crippen LogP contribution in [0.4, 0.5) is 0 Å².